The summed E-state index contributed by atoms with van der Waals surface area (Å²) in [5.41, 5.74) is 6.14. The molecule has 0 saturated heterocycles. The summed E-state index contributed by atoms with van der Waals surface area (Å²) in [4.78, 5) is 11.3. The van der Waals surface area contributed by atoms with Gasteiger partial charge in [0, 0.05) is 12.1 Å². The zero-order valence-corrected chi connectivity index (χ0v) is 11.0. The number of carboxylic acid groups (broad SMARTS) is 1. The van der Waals surface area contributed by atoms with Crippen molar-refractivity contribution in [1.82, 2.24) is 0 Å². The van der Waals surface area contributed by atoms with Gasteiger partial charge in [-0.3, -0.25) is 4.79 Å². The summed E-state index contributed by atoms with van der Waals surface area (Å²) >= 11 is 0. The second kappa shape index (κ2) is 5.93. The van der Waals surface area contributed by atoms with Gasteiger partial charge in [0.05, 0.1) is 19.6 Å². The van der Waals surface area contributed by atoms with E-state index in [0.717, 1.165) is 0 Å². The standard InChI is InChI=1S/C14H19NO4/c1-18-12-4-2-3-10(11(7-15)14(16)17)13(12)19-8-9-5-6-9/h2-4,9,11H,5-8,15H2,1H3,(H,16,17). The molecule has 1 aliphatic rings. The topological polar surface area (TPSA) is 81.8 Å². The van der Waals surface area contributed by atoms with Crippen LogP contribution in [0.25, 0.3) is 0 Å². The first kappa shape index (κ1) is 13.7. The van der Waals surface area contributed by atoms with Gasteiger partial charge in [0.15, 0.2) is 11.5 Å². The van der Waals surface area contributed by atoms with Crippen molar-refractivity contribution in [1.29, 1.82) is 0 Å². The maximum absolute atomic E-state index is 11.3. The van der Waals surface area contributed by atoms with Crippen LogP contribution in [-0.2, 0) is 4.79 Å². The van der Waals surface area contributed by atoms with Crippen molar-refractivity contribution >= 4 is 5.97 Å². The Balaban J connectivity index is 2.30. The molecule has 1 unspecified atom stereocenters. The van der Waals surface area contributed by atoms with Gasteiger partial charge in [-0.15, -0.1) is 0 Å². The van der Waals surface area contributed by atoms with Gasteiger partial charge < -0.3 is 20.3 Å². The highest BCUT2D eigenvalue weighted by molar-refractivity contribution is 5.78. The number of ether oxygens (including phenoxy) is 2. The fourth-order valence-corrected chi connectivity index (χ4v) is 1.97. The lowest BCUT2D eigenvalue weighted by atomic mass is 9.98. The molecule has 0 spiro atoms. The summed E-state index contributed by atoms with van der Waals surface area (Å²) in [6.07, 6.45) is 2.34. The Morgan fingerprint density at radius 3 is 2.79 bits per heavy atom. The minimum atomic E-state index is -0.952. The highest BCUT2D eigenvalue weighted by atomic mass is 16.5. The van der Waals surface area contributed by atoms with Crippen LogP contribution < -0.4 is 15.2 Å². The molecular weight excluding hydrogens is 246 g/mol. The molecule has 19 heavy (non-hydrogen) atoms. The van der Waals surface area contributed by atoms with Gasteiger partial charge in [-0.25, -0.2) is 0 Å². The minimum absolute atomic E-state index is 0.0300. The average Bonchev–Trinajstić information content (AvgIpc) is 3.21. The van der Waals surface area contributed by atoms with Crippen LogP contribution in [0, 0.1) is 5.92 Å². The van der Waals surface area contributed by atoms with E-state index in [4.69, 9.17) is 15.2 Å². The summed E-state index contributed by atoms with van der Waals surface area (Å²) in [5.74, 6) is -0.0807. The SMILES string of the molecule is COc1cccc(C(CN)C(=O)O)c1OCC1CC1. The van der Waals surface area contributed by atoms with Crippen molar-refractivity contribution in [3.05, 3.63) is 23.8 Å². The third-order valence-corrected chi connectivity index (χ3v) is 3.30. The molecule has 0 aromatic heterocycles. The van der Waals surface area contributed by atoms with E-state index in [1.807, 2.05) is 0 Å². The maximum Gasteiger partial charge on any atom is 0.312 e. The van der Waals surface area contributed by atoms with Crippen LogP contribution in [-0.4, -0.2) is 31.3 Å². The van der Waals surface area contributed by atoms with Gasteiger partial charge in [-0.05, 0) is 24.8 Å². The van der Waals surface area contributed by atoms with Crippen LogP contribution in [0.1, 0.15) is 24.3 Å². The molecular formula is C14H19NO4. The molecule has 1 aliphatic carbocycles. The summed E-state index contributed by atoms with van der Waals surface area (Å²) in [5, 5.41) is 9.23. The molecule has 1 atom stereocenters. The number of benzene rings is 1. The Hall–Kier alpha value is -1.75. The van der Waals surface area contributed by atoms with Gasteiger partial charge in [0.25, 0.3) is 0 Å². The fraction of sp³-hybridized carbons (Fsp3) is 0.500. The number of rotatable bonds is 7. The largest absolute Gasteiger partial charge is 0.493 e. The molecule has 1 aromatic carbocycles. The van der Waals surface area contributed by atoms with E-state index in [9.17, 15) is 9.90 Å². The van der Waals surface area contributed by atoms with Crippen LogP contribution in [0.4, 0.5) is 0 Å². The summed E-state index contributed by atoms with van der Waals surface area (Å²) in [6.45, 7) is 0.632. The van der Waals surface area contributed by atoms with Crippen LogP contribution in [0.15, 0.2) is 18.2 Å². The first-order valence-corrected chi connectivity index (χ1v) is 6.40. The molecule has 0 amide bonds. The predicted octanol–water partition coefficient (Wildman–Crippen LogP) is 1.61. The molecule has 0 bridgehead atoms. The lowest BCUT2D eigenvalue weighted by Crippen LogP contribution is -2.22. The van der Waals surface area contributed by atoms with E-state index in [0.29, 0.717) is 29.6 Å². The molecule has 1 fully saturated rings. The minimum Gasteiger partial charge on any atom is -0.493 e. The number of methoxy groups -OCH3 is 1. The predicted molar refractivity (Wildman–Crippen MR) is 70.6 cm³/mol. The number of nitrogens with two attached hydrogens (primary N) is 1. The third-order valence-electron chi connectivity index (χ3n) is 3.30. The Bertz CT molecular complexity index is 457. The molecule has 5 nitrogen and oxygen atoms in total. The summed E-state index contributed by atoms with van der Waals surface area (Å²) < 4.78 is 11.0. The zero-order valence-electron chi connectivity index (χ0n) is 11.0. The van der Waals surface area contributed by atoms with Crippen molar-refractivity contribution < 1.29 is 19.4 Å². The number of hydrogen-bond donors (Lipinski definition) is 2. The van der Waals surface area contributed by atoms with Crippen molar-refractivity contribution in [2.45, 2.75) is 18.8 Å². The van der Waals surface area contributed by atoms with E-state index < -0.39 is 11.9 Å². The van der Waals surface area contributed by atoms with Gasteiger partial charge in [-0.2, -0.15) is 0 Å². The molecule has 5 heteroatoms. The number of aliphatic carboxylic acids is 1. The number of hydrogen-bond acceptors (Lipinski definition) is 4. The van der Waals surface area contributed by atoms with Crippen LogP contribution in [0.2, 0.25) is 0 Å². The van der Waals surface area contributed by atoms with Crippen molar-refractivity contribution in [3.63, 3.8) is 0 Å². The van der Waals surface area contributed by atoms with E-state index in [-0.39, 0.29) is 6.54 Å². The maximum atomic E-state index is 11.3. The van der Waals surface area contributed by atoms with Gasteiger partial charge in [0.1, 0.15) is 0 Å². The van der Waals surface area contributed by atoms with E-state index in [2.05, 4.69) is 0 Å². The Labute approximate surface area is 112 Å². The van der Waals surface area contributed by atoms with E-state index in [1.54, 1.807) is 25.3 Å². The van der Waals surface area contributed by atoms with Crippen molar-refractivity contribution in [2.75, 3.05) is 20.3 Å². The highest BCUT2D eigenvalue weighted by Crippen LogP contribution is 2.38. The first-order chi connectivity index (χ1) is 9.17. The molecule has 104 valence electrons. The fourth-order valence-electron chi connectivity index (χ4n) is 1.97. The van der Waals surface area contributed by atoms with Crippen LogP contribution in [0.5, 0.6) is 11.5 Å². The molecule has 0 aliphatic heterocycles. The molecule has 2 rings (SSSR count). The van der Waals surface area contributed by atoms with E-state index >= 15 is 0 Å². The zero-order chi connectivity index (χ0) is 13.8. The molecule has 0 radical (unpaired) electrons. The first-order valence-electron chi connectivity index (χ1n) is 6.40. The van der Waals surface area contributed by atoms with Gasteiger partial charge in [0.2, 0.25) is 0 Å². The highest BCUT2D eigenvalue weighted by Gasteiger charge is 2.27. The van der Waals surface area contributed by atoms with Gasteiger partial charge in [-0.1, -0.05) is 12.1 Å². The average molecular weight is 265 g/mol. The van der Waals surface area contributed by atoms with E-state index in [1.165, 1.54) is 12.8 Å². The molecule has 3 N–H and O–H groups in total. The molecule has 1 saturated carbocycles. The van der Waals surface area contributed by atoms with Crippen molar-refractivity contribution in [2.24, 2.45) is 11.7 Å². The quantitative estimate of drug-likeness (QED) is 0.782. The lowest BCUT2D eigenvalue weighted by molar-refractivity contribution is -0.138. The summed E-state index contributed by atoms with van der Waals surface area (Å²) in [6, 6.07) is 5.25. The van der Waals surface area contributed by atoms with Crippen LogP contribution in [0.3, 0.4) is 0 Å². The van der Waals surface area contributed by atoms with Gasteiger partial charge >= 0.3 is 5.97 Å². The lowest BCUT2D eigenvalue weighted by Gasteiger charge is -2.18. The Kier molecular flexibility index (Phi) is 4.27. The molecule has 0 heterocycles. The monoisotopic (exact) mass is 265 g/mol. The normalized spacial score (nSPS) is 15.9. The second-order valence-corrected chi connectivity index (χ2v) is 4.76. The molecule has 1 aromatic rings. The Morgan fingerprint density at radius 2 is 2.26 bits per heavy atom. The third kappa shape index (κ3) is 3.17. The Morgan fingerprint density at radius 1 is 1.53 bits per heavy atom. The second-order valence-electron chi connectivity index (χ2n) is 4.76. The number of carboxylic acids is 1. The smallest absolute Gasteiger partial charge is 0.312 e. The van der Waals surface area contributed by atoms with Crippen molar-refractivity contribution in [3.8, 4) is 11.5 Å². The number of para-hydroxylation sites is 1. The number of carbonyl (C=O) groups is 1. The summed E-state index contributed by atoms with van der Waals surface area (Å²) in [7, 11) is 1.54. The van der Waals surface area contributed by atoms with Crippen LogP contribution >= 0.6 is 0 Å².